The summed E-state index contributed by atoms with van der Waals surface area (Å²) in [6.45, 7) is 5.40. The number of rotatable bonds is 3. The molecular formula is C13H19N3O3. The van der Waals surface area contributed by atoms with Crippen LogP contribution in [-0.4, -0.2) is 29.0 Å². The minimum absolute atomic E-state index is 0.329. The van der Waals surface area contributed by atoms with Crippen LogP contribution in [0.1, 0.15) is 45.2 Å². The number of amides is 1. The van der Waals surface area contributed by atoms with E-state index < -0.39 is 11.7 Å². The van der Waals surface area contributed by atoms with Crippen molar-refractivity contribution in [3.8, 4) is 5.75 Å². The average Bonchev–Trinajstić information content (AvgIpc) is 3.10. The molecule has 1 fully saturated rings. The highest BCUT2D eigenvalue weighted by atomic mass is 16.6. The van der Waals surface area contributed by atoms with E-state index in [1.807, 2.05) is 0 Å². The van der Waals surface area contributed by atoms with Crippen molar-refractivity contribution in [3.05, 3.63) is 11.8 Å². The van der Waals surface area contributed by atoms with E-state index in [9.17, 15) is 4.79 Å². The molecule has 1 aromatic rings. The molecule has 1 aromatic heterocycles. The van der Waals surface area contributed by atoms with Gasteiger partial charge in [0.2, 0.25) is 0 Å². The number of hydrogen-bond donors (Lipinski definition) is 1. The predicted octanol–water partition coefficient (Wildman–Crippen LogP) is 2.71. The average molecular weight is 265 g/mol. The second kappa shape index (κ2) is 5.03. The number of ether oxygens (including phenoxy) is 2. The topological polar surface area (TPSA) is 73.3 Å². The van der Waals surface area contributed by atoms with E-state index in [4.69, 9.17) is 9.47 Å². The van der Waals surface area contributed by atoms with Gasteiger partial charge in [0.15, 0.2) is 5.82 Å². The Morgan fingerprint density at radius 1 is 1.37 bits per heavy atom. The zero-order valence-electron chi connectivity index (χ0n) is 11.7. The van der Waals surface area contributed by atoms with Crippen LogP contribution >= 0.6 is 0 Å². The van der Waals surface area contributed by atoms with Gasteiger partial charge in [-0.15, -0.1) is 10.2 Å². The Balaban J connectivity index is 2.06. The summed E-state index contributed by atoms with van der Waals surface area (Å²) in [6, 6.07) is 1.67. The summed E-state index contributed by atoms with van der Waals surface area (Å²) in [4.78, 5) is 11.6. The number of hydrogen-bond acceptors (Lipinski definition) is 5. The Bertz CT molecular complexity index is 479. The Hall–Kier alpha value is -1.85. The Kier molecular flexibility index (Phi) is 3.59. The van der Waals surface area contributed by atoms with E-state index in [1.165, 1.54) is 0 Å². The molecule has 0 aromatic carbocycles. The molecule has 0 atom stereocenters. The minimum atomic E-state index is -0.553. The number of carbonyl (C=O) groups excluding carboxylic acids is 1. The molecule has 104 valence electrons. The molecule has 1 N–H and O–H groups in total. The first kappa shape index (κ1) is 13.6. The van der Waals surface area contributed by atoms with Gasteiger partial charge in [-0.2, -0.15) is 0 Å². The second-order valence-corrected chi connectivity index (χ2v) is 5.58. The summed E-state index contributed by atoms with van der Waals surface area (Å²) in [5, 5.41) is 10.6. The van der Waals surface area contributed by atoms with E-state index in [1.54, 1.807) is 33.9 Å². The van der Waals surface area contributed by atoms with Crippen molar-refractivity contribution >= 4 is 11.9 Å². The highest BCUT2D eigenvalue weighted by molar-refractivity contribution is 5.83. The van der Waals surface area contributed by atoms with Gasteiger partial charge in [0, 0.05) is 12.0 Å². The van der Waals surface area contributed by atoms with Crippen LogP contribution in [0.15, 0.2) is 6.07 Å². The summed E-state index contributed by atoms with van der Waals surface area (Å²) >= 11 is 0. The van der Waals surface area contributed by atoms with E-state index in [2.05, 4.69) is 15.5 Å². The SMILES string of the molecule is COc1cc(NC(=O)OC(C)(C)C)nnc1C1CC1. The predicted molar refractivity (Wildman–Crippen MR) is 70.4 cm³/mol. The standard InChI is InChI=1S/C13H19N3O3/c1-13(2,3)19-12(17)14-10-7-9(18-4)11(16-15-10)8-5-6-8/h7-8H,5-6H2,1-4H3,(H,14,15,17). The number of methoxy groups -OCH3 is 1. The second-order valence-electron chi connectivity index (χ2n) is 5.58. The van der Waals surface area contributed by atoms with Crippen LogP contribution in [0.5, 0.6) is 5.75 Å². The largest absolute Gasteiger partial charge is 0.495 e. The van der Waals surface area contributed by atoms with Gasteiger partial charge in [-0.1, -0.05) is 0 Å². The van der Waals surface area contributed by atoms with Crippen molar-refractivity contribution in [2.24, 2.45) is 0 Å². The summed E-state index contributed by atoms with van der Waals surface area (Å²) in [5.41, 5.74) is 0.312. The Labute approximate surface area is 112 Å². The third-order valence-electron chi connectivity index (χ3n) is 2.60. The first-order chi connectivity index (χ1) is 8.89. The molecule has 0 bridgehead atoms. The van der Waals surface area contributed by atoms with Crippen molar-refractivity contribution in [2.75, 3.05) is 12.4 Å². The monoisotopic (exact) mass is 265 g/mol. The maximum Gasteiger partial charge on any atom is 0.413 e. The molecule has 1 amide bonds. The molecule has 0 radical (unpaired) electrons. The number of aromatic nitrogens is 2. The molecule has 1 aliphatic rings. The lowest BCUT2D eigenvalue weighted by molar-refractivity contribution is 0.0635. The highest BCUT2D eigenvalue weighted by Gasteiger charge is 2.29. The zero-order valence-corrected chi connectivity index (χ0v) is 11.7. The van der Waals surface area contributed by atoms with Gasteiger partial charge >= 0.3 is 6.09 Å². The number of nitrogens with zero attached hydrogens (tertiary/aromatic N) is 2. The first-order valence-electron chi connectivity index (χ1n) is 6.30. The van der Waals surface area contributed by atoms with E-state index in [0.717, 1.165) is 18.5 Å². The van der Waals surface area contributed by atoms with Crippen molar-refractivity contribution in [3.63, 3.8) is 0 Å². The van der Waals surface area contributed by atoms with Crippen molar-refractivity contribution in [2.45, 2.75) is 45.1 Å². The lowest BCUT2D eigenvalue weighted by Crippen LogP contribution is -2.27. The summed E-state index contributed by atoms with van der Waals surface area (Å²) in [5.74, 6) is 1.43. The van der Waals surface area contributed by atoms with Crippen LogP contribution in [0.2, 0.25) is 0 Å². The lowest BCUT2D eigenvalue weighted by atomic mass is 10.2. The third-order valence-corrected chi connectivity index (χ3v) is 2.60. The van der Waals surface area contributed by atoms with Crippen LogP contribution in [-0.2, 0) is 4.74 Å². The van der Waals surface area contributed by atoms with E-state index in [0.29, 0.717) is 17.5 Å². The molecule has 6 nitrogen and oxygen atoms in total. The van der Waals surface area contributed by atoms with Crippen LogP contribution in [0.3, 0.4) is 0 Å². The molecule has 6 heteroatoms. The number of carbonyl (C=O) groups is 1. The van der Waals surface area contributed by atoms with Gasteiger partial charge in [-0.25, -0.2) is 4.79 Å². The highest BCUT2D eigenvalue weighted by Crippen LogP contribution is 2.43. The summed E-state index contributed by atoms with van der Waals surface area (Å²) in [7, 11) is 1.58. The fourth-order valence-corrected chi connectivity index (χ4v) is 1.66. The molecule has 0 saturated heterocycles. The number of nitrogens with one attached hydrogen (secondary N) is 1. The number of anilines is 1. The Morgan fingerprint density at radius 3 is 2.58 bits per heavy atom. The van der Waals surface area contributed by atoms with Crippen LogP contribution < -0.4 is 10.1 Å². The van der Waals surface area contributed by atoms with Gasteiger partial charge in [-0.3, -0.25) is 5.32 Å². The maximum atomic E-state index is 11.6. The van der Waals surface area contributed by atoms with Crippen LogP contribution in [0.4, 0.5) is 10.6 Å². The van der Waals surface area contributed by atoms with Crippen molar-refractivity contribution in [1.29, 1.82) is 0 Å². The smallest absolute Gasteiger partial charge is 0.413 e. The fourth-order valence-electron chi connectivity index (χ4n) is 1.66. The molecule has 1 aliphatic carbocycles. The molecule has 1 heterocycles. The lowest BCUT2D eigenvalue weighted by Gasteiger charge is -2.19. The summed E-state index contributed by atoms with van der Waals surface area (Å²) < 4.78 is 10.4. The van der Waals surface area contributed by atoms with Gasteiger partial charge in [-0.05, 0) is 33.6 Å². The molecule has 2 rings (SSSR count). The Morgan fingerprint density at radius 2 is 2.05 bits per heavy atom. The molecule has 0 unspecified atom stereocenters. The van der Waals surface area contributed by atoms with Gasteiger partial charge < -0.3 is 9.47 Å². The van der Waals surface area contributed by atoms with Crippen molar-refractivity contribution < 1.29 is 14.3 Å². The third kappa shape index (κ3) is 3.81. The minimum Gasteiger partial charge on any atom is -0.495 e. The molecule has 0 spiro atoms. The van der Waals surface area contributed by atoms with Gasteiger partial charge in [0.25, 0.3) is 0 Å². The molecule has 0 aliphatic heterocycles. The molecular weight excluding hydrogens is 246 g/mol. The first-order valence-corrected chi connectivity index (χ1v) is 6.30. The van der Waals surface area contributed by atoms with Gasteiger partial charge in [0.1, 0.15) is 17.0 Å². The summed E-state index contributed by atoms with van der Waals surface area (Å²) in [6.07, 6.45) is 1.68. The van der Waals surface area contributed by atoms with Gasteiger partial charge in [0.05, 0.1) is 7.11 Å². The fraction of sp³-hybridized carbons (Fsp3) is 0.615. The van der Waals surface area contributed by atoms with Crippen LogP contribution in [0.25, 0.3) is 0 Å². The molecule has 19 heavy (non-hydrogen) atoms. The quantitative estimate of drug-likeness (QED) is 0.909. The zero-order chi connectivity index (χ0) is 14.0. The van der Waals surface area contributed by atoms with E-state index in [-0.39, 0.29) is 0 Å². The van der Waals surface area contributed by atoms with Crippen molar-refractivity contribution in [1.82, 2.24) is 10.2 Å². The van der Waals surface area contributed by atoms with E-state index >= 15 is 0 Å². The van der Waals surface area contributed by atoms with Crippen LogP contribution in [0, 0.1) is 0 Å². The maximum absolute atomic E-state index is 11.6. The normalized spacial score (nSPS) is 14.9. The molecule has 1 saturated carbocycles.